The third-order valence-electron chi connectivity index (χ3n) is 4.09. The van der Waals surface area contributed by atoms with E-state index in [0.717, 1.165) is 31.8 Å². The molecule has 0 saturated carbocycles. The number of rotatable bonds is 6. The monoisotopic (exact) mass is 579 g/mol. The van der Waals surface area contributed by atoms with Gasteiger partial charge < -0.3 is 9.52 Å². The molecular weight excluding hydrogens is 570 g/mol. The van der Waals surface area contributed by atoms with Gasteiger partial charge in [0.2, 0.25) is 5.16 Å². The molecule has 4 rings (SSSR count). The summed E-state index contributed by atoms with van der Waals surface area (Å²) < 4.78 is 7.61. The van der Waals surface area contributed by atoms with Crippen molar-refractivity contribution < 1.29 is 14.3 Å². The Hall–Kier alpha value is -2.33. The topological polar surface area (TPSA) is 92.0 Å². The van der Waals surface area contributed by atoms with Crippen LogP contribution >= 0.6 is 55.2 Å². The molecule has 0 atom stereocenters. The number of halogens is 3. The molecule has 0 spiro atoms. The van der Waals surface area contributed by atoms with Crippen LogP contribution in [0.4, 0.5) is 0 Å². The van der Waals surface area contributed by atoms with Crippen molar-refractivity contribution in [3.8, 4) is 22.7 Å². The third kappa shape index (κ3) is 5.30. The highest BCUT2D eigenvalue weighted by atomic mass is 79.9. The van der Waals surface area contributed by atoms with Crippen molar-refractivity contribution in [2.75, 3.05) is 0 Å². The molecule has 156 valence electrons. The lowest BCUT2D eigenvalue weighted by Gasteiger charge is -2.02. The fourth-order valence-corrected chi connectivity index (χ4v) is 4.27. The Balaban J connectivity index is 1.57. The van der Waals surface area contributed by atoms with Gasteiger partial charge in [-0.05, 0) is 66.4 Å². The number of thioether (sulfide) groups is 1. The highest BCUT2D eigenvalue weighted by molar-refractivity contribution is 9.11. The van der Waals surface area contributed by atoms with E-state index in [4.69, 9.17) is 16.0 Å². The molecule has 2 N–H and O–H groups in total. The molecule has 6 nitrogen and oxygen atoms in total. The molecule has 0 fully saturated rings. The molecule has 0 bridgehead atoms. The molecule has 0 unspecified atom stereocenters. The average Bonchev–Trinajstić information content (AvgIpc) is 3.40. The Morgan fingerprint density at radius 1 is 1.13 bits per heavy atom. The second-order valence-electron chi connectivity index (χ2n) is 6.22. The summed E-state index contributed by atoms with van der Waals surface area (Å²) in [6.45, 7) is 0. The van der Waals surface area contributed by atoms with Crippen LogP contribution < -0.4 is 0 Å². The molecule has 0 saturated heterocycles. The van der Waals surface area contributed by atoms with Crippen LogP contribution in [0.3, 0.4) is 0 Å². The van der Waals surface area contributed by atoms with Gasteiger partial charge in [0.25, 0.3) is 0 Å². The summed E-state index contributed by atoms with van der Waals surface area (Å²) in [6, 6.07) is 16.3. The second-order valence-corrected chi connectivity index (χ2v) is 9.43. The maximum atomic E-state index is 11.8. The summed E-state index contributed by atoms with van der Waals surface area (Å²) in [5, 5.41) is 17.4. The van der Waals surface area contributed by atoms with Crippen LogP contribution in [0.2, 0.25) is 5.02 Å². The highest BCUT2D eigenvalue weighted by Crippen LogP contribution is 2.34. The maximum absolute atomic E-state index is 11.8. The van der Waals surface area contributed by atoms with Crippen LogP contribution in [0.15, 0.2) is 78.0 Å². The van der Waals surface area contributed by atoms with Gasteiger partial charge in [-0.25, -0.2) is 9.78 Å². The number of furan rings is 1. The number of H-pyrrole nitrogens is 1. The fourth-order valence-electron chi connectivity index (χ4n) is 2.65. The molecule has 4 aromatic rings. The standard InChI is InChI=1S/C21H12Br2ClN3O3S/c22-12-3-7-16(23)15(9-12)17-8-6-14(30-17)10-18(20(28)29)31-21-25-19(26-27-21)11-1-4-13(24)5-2-11/h1-10H,(H,28,29)(H,25,26,27)/b18-10+. The Morgan fingerprint density at radius 3 is 2.65 bits per heavy atom. The molecule has 0 radical (unpaired) electrons. The van der Waals surface area contributed by atoms with Crippen LogP contribution in [0.25, 0.3) is 28.8 Å². The van der Waals surface area contributed by atoms with Crippen molar-refractivity contribution in [2.45, 2.75) is 5.16 Å². The van der Waals surface area contributed by atoms with E-state index in [1.54, 1.807) is 36.4 Å². The zero-order valence-corrected chi connectivity index (χ0v) is 20.2. The van der Waals surface area contributed by atoms with Crippen molar-refractivity contribution in [2.24, 2.45) is 0 Å². The van der Waals surface area contributed by atoms with Gasteiger partial charge in [0.1, 0.15) is 16.4 Å². The minimum absolute atomic E-state index is 0.0239. The Morgan fingerprint density at radius 2 is 1.90 bits per heavy atom. The summed E-state index contributed by atoms with van der Waals surface area (Å²) >= 11 is 13.8. The Kier molecular flexibility index (Phi) is 6.66. The van der Waals surface area contributed by atoms with E-state index in [9.17, 15) is 9.90 Å². The smallest absolute Gasteiger partial charge is 0.342 e. The summed E-state index contributed by atoms with van der Waals surface area (Å²) in [4.78, 5) is 16.2. The van der Waals surface area contributed by atoms with Gasteiger partial charge in [-0.1, -0.05) is 43.5 Å². The summed E-state index contributed by atoms with van der Waals surface area (Å²) in [5.74, 6) is 0.422. The fraction of sp³-hybridized carbons (Fsp3) is 0. The van der Waals surface area contributed by atoms with E-state index in [0.29, 0.717) is 22.4 Å². The van der Waals surface area contributed by atoms with Crippen molar-refractivity contribution in [1.29, 1.82) is 0 Å². The third-order valence-corrected chi connectivity index (χ3v) is 6.40. The number of hydrogen-bond donors (Lipinski definition) is 2. The maximum Gasteiger partial charge on any atom is 0.342 e. The quantitative estimate of drug-likeness (QED) is 0.186. The lowest BCUT2D eigenvalue weighted by Crippen LogP contribution is -1.97. The summed E-state index contributed by atoms with van der Waals surface area (Å²) in [6.07, 6.45) is 1.45. The first-order valence-electron chi connectivity index (χ1n) is 8.75. The SMILES string of the molecule is O=C(O)/C(=C\c1ccc(-c2cc(Br)ccc2Br)o1)Sc1n[nH]c(-c2ccc(Cl)cc2)n1. The predicted molar refractivity (Wildman–Crippen MR) is 128 cm³/mol. The summed E-state index contributed by atoms with van der Waals surface area (Å²) in [7, 11) is 0. The van der Waals surface area contributed by atoms with Crippen LogP contribution in [0.1, 0.15) is 5.76 Å². The van der Waals surface area contributed by atoms with Gasteiger partial charge in [0, 0.05) is 31.2 Å². The van der Waals surface area contributed by atoms with E-state index in [1.165, 1.54) is 6.08 Å². The van der Waals surface area contributed by atoms with E-state index < -0.39 is 5.97 Å². The van der Waals surface area contributed by atoms with Gasteiger partial charge in [-0.2, -0.15) is 0 Å². The molecule has 0 aliphatic carbocycles. The van der Waals surface area contributed by atoms with E-state index in [-0.39, 0.29) is 10.1 Å². The molecule has 10 heteroatoms. The van der Waals surface area contributed by atoms with Gasteiger partial charge in [0.15, 0.2) is 5.82 Å². The first-order valence-corrected chi connectivity index (χ1v) is 11.5. The zero-order valence-electron chi connectivity index (χ0n) is 15.5. The molecule has 0 aliphatic rings. The number of carboxylic acid groups (broad SMARTS) is 1. The molecule has 0 amide bonds. The molecule has 2 aromatic heterocycles. The van der Waals surface area contributed by atoms with Crippen LogP contribution in [0, 0.1) is 0 Å². The molecule has 31 heavy (non-hydrogen) atoms. The normalized spacial score (nSPS) is 11.6. The molecule has 0 aliphatic heterocycles. The first kappa shape index (κ1) is 21.9. The lowest BCUT2D eigenvalue weighted by molar-refractivity contribution is -0.131. The summed E-state index contributed by atoms with van der Waals surface area (Å²) in [5.41, 5.74) is 1.64. The average molecular weight is 582 g/mol. The van der Waals surface area contributed by atoms with Crippen LogP contribution in [0.5, 0.6) is 0 Å². The highest BCUT2D eigenvalue weighted by Gasteiger charge is 2.16. The van der Waals surface area contributed by atoms with Crippen molar-refractivity contribution in [1.82, 2.24) is 15.2 Å². The van der Waals surface area contributed by atoms with Gasteiger partial charge >= 0.3 is 5.97 Å². The number of carbonyl (C=O) groups is 1. The van der Waals surface area contributed by atoms with Crippen LogP contribution in [-0.2, 0) is 4.79 Å². The Labute approximate surface area is 203 Å². The molecule has 2 aromatic carbocycles. The van der Waals surface area contributed by atoms with Crippen molar-refractivity contribution >= 4 is 67.3 Å². The number of aromatic nitrogens is 3. The van der Waals surface area contributed by atoms with Crippen molar-refractivity contribution in [3.05, 3.63) is 79.2 Å². The molecular formula is C21H12Br2ClN3O3S. The van der Waals surface area contributed by atoms with Crippen LogP contribution in [-0.4, -0.2) is 26.3 Å². The van der Waals surface area contributed by atoms with Crippen molar-refractivity contribution in [3.63, 3.8) is 0 Å². The minimum atomic E-state index is -1.11. The van der Waals surface area contributed by atoms with E-state index in [1.807, 2.05) is 18.2 Å². The second kappa shape index (κ2) is 9.44. The van der Waals surface area contributed by atoms with E-state index >= 15 is 0 Å². The van der Waals surface area contributed by atoms with E-state index in [2.05, 4.69) is 47.0 Å². The number of aliphatic carboxylic acids is 1. The first-order chi connectivity index (χ1) is 14.9. The number of nitrogens with zero attached hydrogens (tertiary/aromatic N) is 2. The Bertz CT molecular complexity index is 1290. The predicted octanol–water partition coefficient (Wildman–Crippen LogP) is 7.13. The minimum Gasteiger partial charge on any atom is -0.477 e. The van der Waals surface area contributed by atoms with Gasteiger partial charge in [0.05, 0.1) is 0 Å². The number of nitrogens with one attached hydrogen (secondary N) is 1. The number of benzene rings is 2. The number of hydrogen-bond acceptors (Lipinski definition) is 5. The van der Waals surface area contributed by atoms with Gasteiger partial charge in [-0.15, -0.1) is 5.10 Å². The molecule has 2 heterocycles. The number of carboxylic acids is 1. The zero-order chi connectivity index (χ0) is 22.0. The number of aromatic amines is 1. The van der Waals surface area contributed by atoms with Gasteiger partial charge in [-0.3, -0.25) is 5.10 Å². The lowest BCUT2D eigenvalue weighted by atomic mass is 10.2. The largest absolute Gasteiger partial charge is 0.477 e.